The lowest BCUT2D eigenvalue weighted by molar-refractivity contribution is -0.122. The summed E-state index contributed by atoms with van der Waals surface area (Å²) in [5, 5.41) is 3.15. The van der Waals surface area contributed by atoms with Crippen molar-refractivity contribution in [3.05, 3.63) is 0 Å². The molecule has 5 N–H and O–H groups in total. The quantitative estimate of drug-likeness (QED) is 0.461. The topological polar surface area (TPSA) is 101 Å². The second-order valence-corrected chi connectivity index (χ2v) is 3.48. The van der Waals surface area contributed by atoms with Gasteiger partial charge in [-0.05, 0) is 13.0 Å². The van der Waals surface area contributed by atoms with Crippen LogP contribution in [0.2, 0.25) is 0 Å². The van der Waals surface area contributed by atoms with Gasteiger partial charge in [-0.25, -0.2) is 0 Å². The summed E-state index contributed by atoms with van der Waals surface area (Å²) in [6, 6.07) is 0.190. The molecule has 6 heteroatoms. The van der Waals surface area contributed by atoms with Crippen LogP contribution < -0.4 is 16.8 Å². The van der Waals surface area contributed by atoms with Crippen molar-refractivity contribution in [1.29, 1.82) is 0 Å². The van der Waals surface area contributed by atoms with E-state index in [1.807, 2.05) is 0 Å². The van der Waals surface area contributed by atoms with Gasteiger partial charge in [0.05, 0.1) is 13.1 Å². The van der Waals surface area contributed by atoms with Gasteiger partial charge in [-0.3, -0.25) is 14.5 Å². The minimum atomic E-state index is -0.432. The van der Waals surface area contributed by atoms with Gasteiger partial charge in [0.25, 0.3) is 0 Å². The van der Waals surface area contributed by atoms with Crippen LogP contribution in [0, 0.1) is 0 Å². The number of nitrogens with two attached hydrogens (primary N) is 2. The standard InChI is InChI=1S/C8H16N4O2/c9-7(13)4-12(5-8(10)14)6-1-2-11-3-6/h6,11H,1-5H2,(H2,9,13)(H2,10,14). The molecule has 0 aromatic rings. The van der Waals surface area contributed by atoms with E-state index in [1.165, 1.54) is 0 Å². The highest BCUT2D eigenvalue weighted by Gasteiger charge is 2.24. The van der Waals surface area contributed by atoms with Crippen molar-refractivity contribution in [1.82, 2.24) is 10.2 Å². The number of carbonyl (C=O) groups is 2. The molecule has 1 aliphatic rings. The van der Waals surface area contributed by atoms with Gasteiger partial charge in [-0.1, -0.05) is 0 Å². The molecule has 6 nitrogen and oxygen atoms in total. The van der Waals surface area contributed by atoms with Crippen LogP contribution in [0.25, 0.3) is 0 Å². The normalized spacial score (nSPS) is 21.4. The summed E-state index contributed by atoms with van der Waals surface area (Å²) < 4.78 is 0. The zero-order valence-corrected chi connectivity index (χ0v) is 8.03. The first-order chi connectivity index (χ1) is 6.59. The molecule has 14 heavy (non-hydrogen) atoms. The molecule has 1 unspecified atom stereocenters. The molecule has 0 aromatic carbocycles. The Bertz CT molecular complexity index is 209. The summed E-state index contributed by atoms with van der Waals surface area (Å²) in [6.07, 6.45) is 0.917. The van der Waals surface area contributed by atoms with E-state index in [0.29, 0.717) is 0 Å². The van der Waals surface area contributed by atoms with Crippen LogP contribution in [-0.2, 0) is 9.59 Å². The van der Waals surface area contributed by atoms with Crippen molar-refractivity contribution in [3.8, 4) is 0 Å². The first-order valence-corrected chi connectivity index (χ1v) is 4.61. The van der Waals surface area contributed by atoms with Gasteiger partial charge in [-0.15, -0.1) is 0 Å². The second kappa shape index (κ2) is 4.92. The predicted molar refractivity (Wildman–Crippen MR) is 51.2 cm³/mol. The molecule has 1 saturated heterocycles. The molecule has 0 saturated carbocycles. The number of primary amides is 2. The smallest absolute Gasteiger partial charge is 0.231 e. The minimum absolute atomic E-state index is 0.0925. The first kappa shape index (κ1) is 10.9. The van der Waals surface area contributed by atoms with Gasteiger partial charge in [0.1, 0.15) is 0 Å². The van der Waals surface area contributed by atoms with Crippen LogP contribution >= 0.6 is 0 Å². The lowest BCUT2D eigenvalue weighted by Crippen LogP contribution is -2.46. The lowest BCUT2D eigenvalue weighted by Gasteiger charge is -2.25. The largest absolute Gasteiger partial charge is 0.369 e. The van der Waals surface area contributed by atoms with E-state index in [2.05, 4.69) is 5.32 Å². The molecule has 0 radical (unpaired) electrons. The van der Waals surface area contributed by atoms with E-state index in [9.17, 15) is 9.59 Å². The maximum Gasteiger partial charge on any atom is 0.231 e. The average molecular weight is 200 g/mol. The van der Waals surface area contributed by atoms with E-state index in [-0.39, 0.29) is 19.1 Å². The number of hydrogen-bond acceptors (Lipinski definition) is 4. The third-order valence-electron chi connectivity index (χ3n) is 2.27. The van der Waals surface area contributed by atoms with Crippen molar-refractivity contribution in [2.45, 2.75) is 12.5 Å². The summed E-state index contributed by atoms with van der Waals surface area (Å²) >= 11 is 0. The van der Waals surface area contributed by atoms with E-state index >= 15 is 0 Å². The molecule has 0 aliphatic carbocycles. The molecule has 1 heterocycles. The molecule has 80 valence electrons. The lowest BCUT2D eigenvalue weighted by atomic mass is 10.2. The van der Waals surface area contributed by atoms with E-state index in [4.69, 9.17) is 11.5 Å². The Morgan fingerprint density at radius 1 is 1.29 bits per heavy atom. The van der Waals surface area contributed by atoms with Crippen molar-refractivity contribution >= 4 is 11.8 Å². The SMILES string of the molecule is NC(=O)CN(CC(N)=O)C1CCNC1. The summed E-state index contributed by atoms with van der Waals surface area (Å²) in [5.41, 5.74) is 10.2. The number of rotatable bonds is 5. The van der Waals surface area contributed by atoms with Crippen LogP contribution in [0.3, 0.4) is 0 Å². The highest BCUT2D eigenvalue weighted by Crippen LogP contribution is 2.07. The van der Waals surface area contributed by atoms with Gasteiger partial charge in [-0.2, -0.15) is 0 Å². The fourth-order valence-electron chi connectivity index (χ4n) is 1.67. The predicted octanol–water partition coefficient (Wildman–Crippen LogP) is -2.38. The van der Waals surface area contributed by atoms with Gasteiger partial charge in [0.2, 0.25) is 11.8 Å². The van der Waals surface area contributed by atoms with Crippen LogP contribution in [0.15, 0.2) is 0 Å². The van der Waals surface area contributed by atoms with Crippen molar-refractivity contribution in [2.75, 3.05) is 26.2 Å². The van der Waals surface area contributed by atoms with Crippen molar-refractivity contribution < 1.29 is 9.59 Å². The molecule has 1 atom stereocenters. The molecule has 2 amide bonds. The fourth-order valence-corrected chi connectivity index (χ4v) is 1.67. The Hall–Kier alpha value is -1.14. The number of nitrogens with one attached hydrogen (secondary N) is 1. The van der Waals surface area contributed by atoms with Crippen molar-refractivity contribution in [2.24, 2.45) is 11.5 Å². The number of nitrogens with zero attached hydrogens (tertiary/aromatic N) is 1. The molecule has 0 aromatic heterocycles. The fraction of sp³-hybridized carbons (Fsp3) is 0.750. The third kappa shape index (κ3) is 3.31. The summed E-state index contributed by atoms with van der Waals surface area (Å²) in [5.74, 6) is -0.865. The minimum Gasteiger partial charge on any atom is -0.369 e. The van der Waals surface area contributed by atoms with Crippen LogP contribution in [0.5, 0.6) is 0 Å². The number of hydrogen-bond donors (Lipinski definition) is 3. The second-order valence-electron chi connectivity index (χ2n) is 3.48. The number of carbonyl (C=O) groups excluding carboxylic acids is 2. The first-order valence-electron chi connectivity index (χ1n) is 4.61. The molecular formula is C8H16N4O2. The monoisotopic (exact) mass is 200 g/mol. The summed E-state index contributed by atoms with van der Waals surface area (Å²) in [4.78, 5) is 23.2. The Balaban J connectivity index is 2.50. The Morgan fingerprint density at radius 2 is 1.86 bits per heavy atom. The van der Waals surface area contributed by atoms with Gasteiger partial charge >= 0.3 is 0 Å². The zero-order valence-electron chi connectivity index (χ0n) is 8.03. The van der Waals surface area contributed by atoms with Crippen LogP contribution in [0.1, 0.15) is 6.42 Å². The highest BCUT2D eigenvalue weighted by molar-refractivity contribution is 5.79. The van der Waals surface area contributed by atoms with Gasteiger partial charge in [0, 0.05) is 12.6 Å². The molecule has 1 rings (SSSR count). The zero-order chi connectivity index (χ0) is 10.6. The summed E-state index contributed by atoms with van der Waals surface area (Å²) in [6.45, 7) is 1.86. The maximum absolute atomic E-state index is 10.8. The molecule has 0 bridgehead atoms. The Labute approximate surface area is 82.6 Å². The maximum atomic E-state index is 10.8. The van der Waals surface area contributed by atoms with Gasteiger partial charge in [0.15, 0.2) is 0 Å². The van der Waals surface area contributed by atoms with E-state index in [0.717, 1.165) is 19.5 Å². The molecular weight excluding hydrogens is 184 g/mol. The summed E-state index contributed by atoms with van der Waals surface area (Å²) in [7, 11) is 0. The third-order valence-corrected chi connectivity index (χ3v) is 2.27. The average Bonchev–Trinajstić information content (AvgIpc) is 2.52. The van der Waals surface area contributed by atoms with Gasteiger partial charge < -0.3 is 16.8 Å². The molecule has 1 fully saturated rings. The van der Waals surface area contributed by atoms with Crippen LogP contribution in [0.4, 0.5) is 0 Å². The number of amides is 2. The molecule has 0 spiro atoms. The highest BCUT2D eigenvalue weighted by atomic mass is 16.2. The van der Waals surface area contributed by atoms with Crippen molar-refractivity contribution in [3.63, 3.8) is 0 Å². The van der Waals surface area contributed by atoms with Crippen LogP contribution in [-0.4, -0.2) is 48.9 Å². The van der Waals surface area contributed by atoms with E-state index in [1.54, 1.807) is 4.90 Å². The molecule has 1 aliphatic heterocycles. The Kier molecular flexibility index (Phi) is 3.84. The van der Waals surface area contributed by atoms with E-state index < -0.39 is 11.8 Å². The Morgan fingerprint density at radius 3 is 2.21 bits per heavy atom.